The van der Waals surface area contributed by atoms with Gasteiger partial charge in [-0.1, -0.05) is 12.1 Å². The van der Waals surface area contributed by atoms with Crippen molar-refractivity contribution in [2.24, 2.45) is 7.05 Å². The number of aromatic nitrogens is 2. The van der Waals surface area contributed by atoms with E-state index in [1.165, 1.54) is 11.6 Å². The lowest BCUT2D eigenvalue weighted by Crippen LogP contribution is -2.32. The summed E-state index contributed by atoms with van der Waals surface area (Å²) >= 11 is 0. The summed E-state index contributed by atoms with van der Waals surface area (Å²) in [6.45, 7) is -1.50. The molecule has 1 heterocycles. The molecule has 2 rings (SSSR count). The first-order valence-corrected chi connectivity index (χ1v) is 5.09. The highest BCUT2D eigenvalue weighted by Gasteiger charge is 2.30. The summed E-state index contributed by atoms with van der Waals surface area (Å²) in [5, 5.41) is 0. The summed E-state index contributed by atoms with van der Waals surface area (Å²) in [6.07, 6.45) is -4.48. The minimum atomic E-state index is -4.48. The third-order valence-corrected chi connectivity index (χ3v) is 2.39. The number of aromatic amines is 1. The number of nitrogens with zero attached hydrogens (tertiary/aromatic N) is 1. The number of rotatable bonds is 2. The topological polar surface area (TPSA) is 45.4 Å². The van der Waals surface area contributed by atoms with Gasteiger partial charge in [0.1, 0.15) is 5.52 Å². The number of fused-ring (bicyclic) bond motifs is 1. The van der Waals surface area contributed by atoms with Crippen molar-refractivity contribution >= 4 is 11.0 Å². The van der Waals surface area contributed by atoms with Crippen LogP contribution in [0, 0.1) is 0 Å². The molecule has 1 aromatic carbocycles. The van der Waals surface area contributed by atoms with E-state index in [1.807, 2.05) is 0 Å². The van der Waals surface area contributed by atoms with Gasteiger partial charge in [0.15, 0.2) is 6.61 Å². The van der Waals surface area contributed by atoms with Gasteiger partial charge < -0.3 is 4.74 Å². The van der Waals surface area contributed by atoms with Crippen LogP contribution in [0.2, 0.25) is 0 Å². The average Bonchev–Trinajstić information content (AvgIpc) is 2.31. The number of halogens is 3. The zero-order chi connectivity index (χ0) is 13.3. The zero-order valence-corrected chi connectivity index (χ0v) is 9.41. The van der Waals surface area contributed by atoms with Crippen LogP contribution in [-0.4, -0.2) is 17.4 Å². The van der Waals surface area contributed by atoms with Crippen LogP contribution in [0.15, 0.2) is 29.1 Å². The second-order valence-electron chi connectivity index (χ2n) is 3.74. The first-order valence-electron chi connectivity index (χ1n) is 5.09. The highest BCUT2D eigenvalue weighted by atomic mass is 19.4. The Bertz CT molecular complexity index is 634. The van der Waals surface area contributed by atoms with E-state index in [4.69, 9.17) is 0 Å². The maximum atomic E-state index is 12.0. The molecule has 0 aliphatic carbocycles. The van der Waals surface area contributed by atoms with E-state index < -0.39 is 24.2 Å². The molecule has 1 N–H and O–H groups in total. The smallest absolute Gasteiger partial charge is 0.431 e. The third kappa shape index (κ3) is 2.44. The summed E-state index contributed by atoms with van der Waals surface area (Å²) in [4.78, 5) is 14.3. The van der Waals surface area contributed by atoms with Crippen LogP contribution in [0.1, 0.15) is 0 Å². The van der Waals surface area contributed by atoms with Gasteiger partial charge in [-0.2, -0.15) is 18.2 Å². The fourth-order valence-corrected chi connectivity index (χ4v) is 1.56. The van der Waals surface area contributed by atoms with Crippen molar-refractivity contribution in [1.29, 1.82) is 0 Å². The summed E-state index contributed by atoms with van der Waals surface area (Å²) in [7, 11) is 1.47. The first-order chi connectivity index (χ1) is 8.38. The van der Waals surface area contributed by atoms with Gasteiger partial charge in [0.05, 0.1) is 0 Å². The monoisotopic (exact) mass is 259 g/mol. The number of H-pyrrole nitrogens is 1. The highest BCUT2D eigenvalue weighted by Crippen LogP contribution is 2.15. The molecule has 4 nitrogen and oxygen atoms in total. The number of hydrogen-bond acceptors (Lipinski definition) is 2. The molecule has 2 aromatic rings. The lowest BCUT2D eigenvalue weighted by Gasteiger charge is -2.06. The van der Waals surface area contributed by atoms with Gasteiger partial charge in [-0.15, -0.1) is 0 Å². The number of benzene rings is 1. The summed E-state index contributed by atoms with van der Waals surface area (Å²) in [6, 6.07) is 6.76. The molecule has 0 aliphatic heterocycles. The molecule has 0 bridgehead atoms. The molecule has 0 fully saturated rings. The number of nitrogens with one attached hydrogen (secondary N) is 1. The van der Waals surface area contributed by atoms with Gasteiger partial charge >= 0.3 is 17.6 Å². The van der Waals surface area contributed by atoms with Crippen LogP contribution < -0.4 is 15.3 Å². The van der Waals surface area contributed by atoms with E-state index in [-0.39, 0.29) is 0 Å². The van der Waals surface area contributed by atoms with E-state index >= 15 is 0 Å². The van der Waals surface area contributed by atoms with Crippen LogP contribution in [0.25, 0.3) is 11.0 Å². The number of para-hydroxylation sites is 2. The Hall–Kier alpha value is -2.05. The fourth-order valence-electron chi connectivity index (χ4n) is 1.56. The first kappa shape index (κ1) is 12.4. The summed E-state index contributed by atoms with van der Waals surface area (Å²) in [5.41, 5.74) is 0.469. The van der Waals surface area contributed by atoms with Crippen molar-refractivity contribution in [2.75, 3.05) is 6.61 Å². The predicted molar refractivity (Wildman–Crippen MR) is 57.3 cm³/mol. The van der Waals surface area contributed by atoms with E-state index in [1.54, 1.807) is 24.3 Å². The second-order valence-corrected chi connectivity index (χ2v) is 3.74. The molecule has 0 aliphatic rings. The van der Waals surface area contributed by atoms with E-state index in [0.717, 1.165) is 0 Å². The minimum Gasteiger partial charge on any atom is -0.431 e. The highest BCUT2D eigenvalue weighted by molar-refractivity contribution is 5.71. The Balaban J connectivity index is 2.46. The van der Waals surface area contributed by atoms with Crippen molar-refractivity contribution in [3.05, 3.63) is 34.6 Å². The number of aryl methyl sites for hydroxylation is 1. The molecule has 1 aromatic heterocycles. The van der Waals surface area contributed by atoms with E-state index in [2.05, 4.69) is 9.72 Å². The van der Waals surface area contributed by atoms with Crippen LogP contribution in [0.3, 0.4) is 0 Å². The van der Waals surface area contributed by atoms with Gasteiger partial charge in [-0.05, 0) is 6.07 Å². The zero-order valence-electron chi connectivity index (χ0n) is 9.41. The van der Waals surface area contributed by atoms with Crippen LogP contribution in [0.5, 0.6) is 5.88 Å². The summed E-state index contributed by atoms with van der Waals surface area (Å²) in [5.74, 6) is -0.423. The Kier molecular flexibility index (Phi) is 2.98. The number of alkyl halides is 3. The molecular formula is C11H10F3N2O2+. The Morgan fingerprint density at radius 1 is 1.33 bits per heavy atom. The normalized spacial score (nSPS) is 11.8. The van der Waals surface area contributed by atoms with Gasteiger partial charge in [-0.3, -0.25) is 9.36 Å². The lowest BCUT2D eigenvalue weighted by molar-refractivity contribution is -0.370. The Labute approximate surface area is 99.6 Å². The summed E-state index contributed by atoms with van der Waals surface area (Å²) < 4.78 is 41.8. The van der Waals surface area contributed by atoms with Crippen molar-refractivity contribution in [3.63, 3.8) is 0 Å². The van der Waals surface area contributed by atoms with Crippen molar-refractivity contribution < 1.29 is 22.9 Å². The second kappa shape index (κ2) is 4.32. The quantitative estimate of drug-likeness (QED) is 0.815. The van der Waals surface area contributed by atoms with Crippen molar-refractivity contribution in [3.8, 4) is 5.88 Å². The number of hydrogen-bond donors (Lipinski definition) is 0. The van der Waals surface area contributed by atoms with Crippen molar-refractivity contribution in [2.45, 2.75) is 6.18 Å². The molecule has 7 heteroatoms. The lowest BCUT2D eigenvalue weighted by atomic mass is 10.3. The molecule has 0 saturated carbocycles. The maximum Gasteiger partial charge on any atom is 0.434 e. The molecule has 0 unspecified atom stereocenters. The Morgan fingerprint density at radius 2 is 2.00 bits per heavy atom. The largest absolute Gasteiger partial charge is 0.434 e. The van der Waals surface area contributed by atoms with Crippen LogP contribution >= 0.6 is 0 Å². The third-order valence-electron chi connectivity index (χ3n) is 2.39. The maximum absolute atomic E-state index is 12.0. The standard InChI is InChI=1S/C11H9F3N2O2/c1-16-8-5-3-2-4-7(8)15-9(10(16)17)18-6-11(12,13)14/h2-5H,6H2,1H3/p+1. The van der Waals surface area contributed by atoms with Crippen molar-refractivity contribution in [1.82, 2.24) is 4.57 Å². The predicted octanol–water partition coefficient (Wildman–Crippen LogP) is 1.29. The number of ether oxygens (including phenoxy) is 1. The molecule has 18 heavy (non-hydrogen) atoms. The average molecular weight is 259 g/mol. The van der Waals surface area contributed by atoms with Crippen LogP contribution in [0.4, 0.5) is 13.2 Å². The fraction of sp³-hybridized carbons (Fsp3) is 0.273. The van der Waals surface area contributed by atoms with Gasteiger partial charge in [-0.25, -0.2) is 0 Å². The Morgan fingerprint density at radius 3 is 2.67 bits per heavy atom. The molecule has 0 spiro atoms. The molecule has 0 atom stereocenters. The van der Waals surface area contributed by atoms with E-state index in [9.17, 15) is 18.0 Å². The molecule has 0 saturated heterocycles. The molecule has 0 amide bonds. The van der Waals surface area contributed by atoms with Gasteiger partial charge in [0, 0.05) is 13.1 Å². The van der Waals surface area contributed by atoms with Crippen LogP contribution in [-0.2, 0) is 7.05 Å². The SMILES string of the molecule is Cn1c(=O)c(OCC(F)(F)F)[nH+]c2ccccc21. The minimum absolute atomic E-state index is 0.423. The van der Waals surface area contributed by atoms with E-state index in [0.29, 0.717) is 11.0 Å². The molecular weight excluding hydrogens is 249 g/mol. The molecule has 96 valence electrons. The van der Waals surface area contributed by atoms with Gasteiger partial charge in [0.2, 0.25) is 5.52 Å². The van der Waals surface area contributed by atoms with Gasteiger partial charge in [0.25, 0.3) is 0 Å². The molecule has 0 radical (unpaired) electrons.